The van der Waals surface area contributed by atoms with Crippen molar-refractivity contribution < 1.29 is 4.42 Å². The molecule has 0 saturated carbocycles. The molecule has 0 bridgehead atoms. The molecule has 0 aliphatic carbocycles. The first-order valence-corrected chi connectivity index (χ1v) is 6.24. The molecule has 3 nitrogen and oxygen atoms in total. The average Bonchev–Trinajstić information content (AvgIpc) is 2.88. The smallest absolute Gasteiger partial charge is 0.247 e. The van der Waals surface area contributed by atoms with Crippen LogP contribution in [0.3, 0.4) is 0 Å². The van der Waals surface area contributed by atoms with E-state index in [0.717, 1.165) is 5.56 Å². The molecule has 2 aromatic carbocycles. The first kappa shape index (κ1) is 11.7. The van der Waals surface area contributed by atoms with Crippen LogP contribution in [0.25, 0.3) is 11.5 Å². The molecule has 19 heavy (non-hydrogen) atoms. The van der Waals surface area contributed by atoms with Crippen molar-refractivity contribution in [2.24, 2.45) is 0 Å². The SMILES string of the molecule is Cc1cccc(Cc2nnc(-c3ccccc3)o2)c1. The maximum absolute atomic E-state index is 5.69. The fraction of sp³-hybridized carbons (Fsp3) is 0.125. The molecule has 0 aliphatic rings. The van der Waals surface area contributed by atoms with Gasteiger partial charge in [-0.1, -0.05) is 48.0 Å². The van der Waals surface area contributed by atoms with Crippen LogP contribution in [0.15, 0.2) is 59.0 Å². The van der Waals surface area contributed by atoms with Gasteiger partial charge in [-0.05, 0) is 24.6 Å². The van der Waals surface area contributed by atoms with Crippen LogP contribution in [0.4, 0.5) is 0 Å². The number of benzene rings is 2. The van der Waals surface area contributed by atoms with Crippen molar-refractivity contribution in [3.63, 3.8) is 0 Å². The highest BCUT2D eigenvalue weighted by Gasteiger charge is 2.08. The Morgan fingerprint density at radius 1 is 0.947 bits per heavy atom. The first-order valence-electron chi connectivity index (χ1n) is 6.24. The van der Waals surface area contributed by atoms with Crippen LogP contribution in [-0.4, -0.2) is 10.2 Å². The molecule has 0 amide bonds. The van der Waals surface area contributed by atoms with E-state index in [1.165, 1.54) is 11.1 Å². The summed E-state index contributed by atoms with van der Waals surface area (Å²) >= 11 is 0. The summed E-state index contributed by atoms with van der Waals surface area (Å²) in [7, 11) is 0. The van der Waals surface area contributed by atoms with E-state index in [9.17, 15) is 0 Å². The Kier molecular flexibility index (Phi) is 3.11. The molecule has 0 unspecified atom stereocenters. The van der Waals surface area contributed by atoms with Crippen LogP contribution in [0, 0.1) is 6.92 Å². The minimum atomic E-state index is 0.572. The second kappa shape index (κ2) is 5.06. The van der Waals surface area contributed by atoms with Gasteiger partial charge in [0, 0.05) is 5.56 Å². The standard InChI is InChI=1S/C16H14N2O/c1-12-6-5-7-13(10-12)11-15-17-18-16(19-15)14-8-3-2-4-9-14/h2-10H,11H2,1H3. The Balaban J connectivity index is 1.82. The van der Waals surface area contributed by atoms with Crippen LogP contribution < -0.4 is 0 Å². The molecule has 1 heterocycles. The lowest BCUT2D eigenvalue weighted by Crippen LogP contribution is -1.88. The topological polar surface area (TPSA) is 38.9 Å². The largest absolute Gasteiger partial charge is 0.420 e. The lowest BCUT2D eigenvalue weighted by atomic mass is 10.1. The monoisotopic (exact) mass is 250 g/mol. The molecule has 0 saturated heterocycles. The third-order valence-electron chi connectivity index (χ3n) is 2.93. The average molecular weight is 250 g/mol. The highest BCUT2D eigenvalue weighted by molar-refractivity contribution is 5.51. The van der Waals surface area contributed by atoms with Crippen LogP contribution >= 0.6 is 0 Å². The van der Waals surface area contributed by atoms with Gasteiger partial charge in [-0.25, -0.2) is 0 Å². The number of nitrogens with zero attached hydrogens (tertiary/aromatic N) is 2. The molecule has 0 spiro atoms. The van der Waals surface area contributed by atoms with E-state index in [1.807, 2.05) is 36.4 Å². The normalized spacial score (nSPS) is 10.6. The second-order valence-corrected chi connectivity index (χ2v) is 4.53. The van der Waals surface area contributed by atoms with Gasteiger partial charge in [-0.15, -0.1) is 10.2 Å². The van der Waals surface area contributed by atoms with Crippen molar-refractivity contribution >= 4 is 0 Å². The molecule has 1 aromatic heterocycles. The van der Waals surface area contributed by atoms with Crippen LogP contribution in [-0.2, 0) is 6.42 Å². The molecule has 0 fully saturated rings. The summed E-state index contributed by atoms with van der Waals surface area (Å²) < 4.78 is 5.69. The Morgan fingerprint density at radius 2 is 1.79 bits per heavy atom. The number of hydrogen-bond acceptors (Lipinski definition) is 3. The zero-order valence-corrected chi connectivity index (χ0v) is 10.7. The van der Waals surface area contributed by atoms with Crippen molar-refractivity contribution in [1.82, 2.24) is 10.2 Å². The maximum atomic E-state index is 5.69. The van der Waals surface area contributed by atoms with Crippen molar-refractivity contribution in [2.45, 2.75) is 13.3 Å². The number of rotatable bonds is 3. The third-order valence-corrected chi connectivity index (χ3v) is 2.93. The van der Waals surface area contributed by atoms with E-state index in [1.54, 1.807) is 0 Å². The van der Waals surface area contributed by atoms with Crippen LogP contribution in [0.2, 0.25) is 0 Å². The van der Waals surface area contributed by atoms with Crippen molar-refractivity contribution in [3.8, 4) is 11.5 Å². The number of aromatic nitrogens is 2. The minimum Gasteiger partial charge on any atom is -0.420 e. The molecule has 0 aliphatic heterocycles. The summed E-state index contributed by atoms with van der Waals surface area (Å²) in [5.41, 5.74) is 3.37. The van der Waals surface area contributed by atoms with Crippen LogP contribution in [0.5, 0.6) is 0 Å². The van der Waals surface area contributed by atoms with Gasteiger partial charge < -0.3 is 4.42 Å². The number of aryl methyl sites for hydroxylation is 1. The fourth-order valence-electron chi connectivity index (χ4n) is 2.02. The first-order chi connectivity index (χ1) is 9.31. The quantitative estimate of drug-likeness (QED) is 0.712. The van der Waals surface area contributed by atoms with Crippen LogP contribution in [0.1, 0.15) is 17.0 Å². The second-order valence-electron chi connectivity index (χ2n) is 4.53. The molecule has 0 N–H and O–H groups in total. The van der Waals surface area contributed by atoms with Gasteiger partial charge in [0.1, 0.15) is 0 Å². The van der Waals surface area contributed by atoms with Gasteiger partial charge in [-0.2, -0.15) is 0 Å². The van der Waals surface area contributed by atoms with Gasteiger partial charge in [0.15, 0.2) is 0 Å². The molecule has 3 heteroatoms. The Labute approximate surface area is 111 Å². The van der Waals surface area contributed by atoms with E-state index in [4.69, 9.17) is 4.42 Å². The van der Waals surface area contributed by atoms with E-state index in [-0.39, 0.29) is 0 Å². The van der Waals surface area contributed by atoms with E-state index in [2.05, 4.69) is 35.3 Å². The lowest BCUT2D eigenvalue weighted by Gasteiger charge is -1.98. The lowest BCUT2D eigenvalue weighted by molar-refractivity contribution is 0.518. The highest BCUT2D eigenvalue weighted by atomic mass is 16.4. The Hall–Kier alpha value is -2.42. The fourth-order valence-corrected chi connectivity index (χ4v) is 2.02. The highest BCUT2D eigenvalue weighted by Crippen LogP contribution is 2.18. The summed E-state index contributed by atoms with van der Waals surface area (Å²) in [6, 6.07) is 18.1. The Bertz CT molecular complexity index is 674. The van der Waals surface area contributed by atoms with Crippen molar-refractivity contribution in [1.29, 1.82) is 0 Å². The molecule has 0 atom stereocenters. The van der Waals surface area contributed by atoms with Gasteiger partial charge in [0.25, 0.3) is 0 Å². The predicted octanol–water partition coefficient (Wildman–Crippen LogP) is 3.64. The number of hydrogen-bond donors (Lipinski definition) is 0. The zero-order valence-electron chi connectivity index (χ0n) is 10.7. The van der Waals surface area contributed by atoms with Gasteiger partial charge in [0.2, 0.25) is 11.8 Å². The molecular weight excluding hydrogens is 236 g/mol. The summed E-state index contributed by atoms with van der Waals surface area (Å²) in [5.74, 6) is 1.22. The van der Waals surface area contributed by atoms with Gasteiger partial charge in [0.05, 0.1) is 6.42 Å². The van der Waals surface area contributed by atoms with E-state index in [0.29, 0.717) is 18.2 Å². The van der Waals surface area contributed by atoms with Crippen molar-refractivity contribution in [2.75, 3.05) is 0 Å². The third kappa shape index (κ3) is 2.71. The predicted molar refractivity (Wildman–Crippen MR) is 73.7 cm³/mol. The maximum Gasteiger partial charge on any atom is 0.247 e. The Morgan fingerprint density at radius 3 is 2.58 bits per heavy atom. The summed E-state index contributed by atoms with van der Waals surface area (Å²) in [6.07, 6.45) is 0.668. The molecule has 3 rings (SSSR count). The van der Waals surface area contributed by atoms with Crippen molar-refractivity contribution in [3.05, 3.63) is 71.6 Å². The molecule has 3 aromatic rings. The molecule has 94 valence electrons. The minimum absolute atomic E-state index is 0.572. The summed E-state index contributed by atoms with van der Waals surface area (Å²) in [6.45, 7) is 2.08. The van der Waals surface area contributed by atoms with Gasteiger partial charge >= 0.3 is 0 Å². The van der Waals surface area contributed by atoms with E-state index < -0.39 is 0 Å². The zero-order chi connectivity index (χ0) is 13.1. The molecular formula is C16H14N2O. The van der Waals surface area contributed by atoms with E-state index >= 15 is 0 Å². The summed E-state index contributed by atoms with van der Waals surface area (Å²) in [4.78, 5) is 0. The van der Waals surface area contributed by atoms with Gasteiger partial charge in [-0.3, -0.25) is 0 Å². The summed E-state index contributed by atoms with van der Waals surface area (Å²) in [5, 5.41) is 8.19. The molecule has 0 radical (unpaired) electrons.